The van der Waals surface area contributed by atoms with Gasteiger partial charge in [-0.2, -0.15) is 0 Å². The highest BCUT2D eigenvalue weighted by Crippen LogP contribution is 2.27. The summed E-state index contributed by atoms with van der Waals surface area (Å²) in [5.74, 6) is 2.11. The first-order valence-corrected chi connectivity index (χ1v) is 8.11. The molecule has 1 unspecified atom stereocenters. The van der Waals surface area contributed by atoms with E-state index in [0.717, 1.165) is 17.6 Å². The first kappa shape index (κ1) is 17.0. The number of para-hydroxylation sites is 1. The Hall–Kier alpha value is -2.86. The molecule has 0 aliphatic carbocycles. The molecule has 6 nitrogen and oxygen atoms in total. The summed E-state index contributed by atoms with van der Waals surface area (Å²) in [6.07, 6.45) is 0. The molecule has 0 spiro atoms. The standard InChI is InChI=1S/C19H21N3O3/c1-22(11-13-8-9-16(24-2)17(10-13)25-3)12-18-20-15-7-5-4-6-14(15)19(23)21-18/h4-10H,11-12H2,1-3H3,(H,20,21,23)/p+1. The Morgan fingerprint density at radius 3 is 2.56 bits per heavy atom. The third-order valence-corrected chi connectivity index (χ3v) is 4.08. The summed E-state index contributed by atoms with van der Waals surface area (Å²) >= 11 is 0. The average molecular weight is 340 g/mol. The van der Waals surface area contributed by atoms with E-state index in [4.69, 9.17) is 9.47 Å². The highest BCUT2D eigenvalue weighted by Gasteiger charge is 2.11. The topological polar surface area (TPSA) is 68.7 Å². The van der Waals surface area contributed by atoms with E-state index in [1.54, 1.807) is 20.3 Å². The predicted molar refractivity (Wildman–Crippen MR) is 96.2 cm³/mol. The fourth-order valence-corrected chi connectivity index (χ4v) is 2.91. The van der Waals surface area contributed by atoms with Crippen molar-refractivity contribution in [1.29, 1.82) is 0 Å². The van der Waals surface area contributed by atoms with Crippen molar-refractivity contribution in [2.75, 3.05) is 21.3 Å². The summed E-state index contributed by atoms with van der Waals surface area (Å²) < 4.78 is 10.6. The minimum Gasteiger partial charge on any atom is -0.493 e. The lowest BCUT2D eigenvalue weighted by atomic mass is 10.2. The zero-order chi connectivity index (χ0) is 17.8. The van der Waals surface area contributed by atoms with Crippen LogP contribution in [-0.2, 0) is 13.1 Å². The smallest absolute Gasteiger partial charge is 0.258 e. The van der Waals surface area contributed by atoms with Gasteiger partial charge in [0.2, 0.25) is 0 Å². The maximum atomic E-state index is 12.2. The minimum absolute atomic E-state index is 0.0977. The molecule has 0 amide bonds. The third kappa shape index (κ3) is 3.80. The molecule has 0 saturated heterocycles. The van der Waals surface area contributed by atoms with Crippen LogP contribution in [0.15, 0.2) is 47.3 Å². The number of ether oxygens (including phenoxy) is 2. The number of fused-ring (bicyclic) bond motifs is 1. The molecule has 3 rings (SSSR count). The lowest BCUT2D eigenvalue weighted by molar-refractivity contribution is -0.908. The lowest BCUT2D eigenvalue weighted by Crippen LogP contribution is -3.06. The van der Waals surface area contributed by atoms with Crippen molar-refractivity contribution in [2.45, 2.75) is 13.1 Å². The van der Waals surface area contributed by atoms with E-state index in [1.807, 2.05) is 36.4 Å². The number of aromatic nitrogens is 2. The molecule has 0 saturated carbocycles. The molecule has 2 aromatic carbocycles. The number of methoxy groups -OCH3 is 2. The Morgan fingerprint density at radius 2 is 1.80 bits per heavy atom. The zero-order valence-electron chi connectivity index (χ0n) is 14.6. The zero-order valence-corrected chi connectivity index (χ0v) is 14.6. The van der Waals surface area contributed by atoms with Crippen LogP contribution in [0.3, 0.4) is 0 Å². The van der Waals surface area contributed by atoms with Gasteiger partial charge in [0.15, 0.2) is 17.3 Å². The monoisotopic (exact) mass is 340 g/mol. The molecule has 130 valence electrons. The van der Waals surface area contributed by atoms with Gasteiger partial charge in [-0.1, -0.05) is 12.1 Å². The molecule has 2 N–H and O–H groups in total. The maximum absolute atomic E-state index is 12.2. The number of nitrogens with one attached hydrogen (secondary N) is 2. The van der Waals surface area contributed by atoms with Gasteiger partial charge in [0.25, 0.3) is 5.56 Å². The summed E-state index contributed by atoms with van der Waals surface area (Å²) in [5, 5.41) is 0.615. The molecular formula is C19H22N3O3+. The molecule has 0 fully saturated rings. The van der Waals surface area contributed by atoms with Gasteiger partial charge in [0.1, 0.15) is 13.1 Å². The van der Waals surface area contributed by atoms with E-state index in [2.05, 4.69) is 17.0 Å². The maximum Gasteiger partial charge on any atom is 0.258 e. The molecule has 3 aromatic rings. The van der Waals surface area contributed by atoms with E-state index in [1.165, 1.54) is 4.90 Å². The summed E-state index contributed by atoms with van der Waals surface area (Å²) in [5.41, 5.74) is 1.75. The van der Waals surface area contributed by atoms with Crippen LogP contribution in [-0.4, -0.2) is 31.2 Å². The van der Waals surface area contributed by atoms with Crippen LogP contribution in [0.2, 0.25) is 0 Å². The van der Waals surface area contributed by atoms with Gasteiger partial charge in [-0.25, -0.2) is 4.98 Å². The number of nitrogens with zero attached hydrogens (tertiary/aromatic N) is 1. The number of quaternary nitrogens is 1. The predicted octanol–water partition coefficient (Wildman–Crippen LogP) is 1.16. The largest absolute Gasteiger partial charge is 0.493 e. The van der Waals surface area contributed by atoms with Crippen LogP contribution in [0.1, 0.15) is 11.4 Å². The van der Waals surface area contributed by atoms with Crippen molar-refractivity contribution in [3.05, 3.63) is 64.2 Å². The van der Waals surface area contributed by atoms with Gasteiger partial charge in [-0.15, -0.1) is 0 Å². The third-order valence-electron chi connectivity index (χ3n) is 4.08. The van der Waals surface area contributed by atoms with E-state index in [0.29, 0.717) is 29.3 Å². The average Bonchev–Trinajstić information content (AvgIpc) is 2.61. The van der Waals surface area contributed by atoms with Crippen LogP contribution >= 0.6 is 0 Å². The fraction of sp³-hybridized carbons (Fsp3) is 0.263. The van der Waals surface area contributed by atoms with E-state index in [-0.39, 0.29) is 5.56 Å². The summed E-state index contributed by atoms with van der Waals surface area (Å²) in [7, 11) is 5.31. The molecular weight excluding hydrogens is 318 g/mol. The van der Waals surface area contributed by atoms with Crippen molar-refractivity contribution < 1.29 is 14.4 Å². The van der Waals surface area contributed by atoms with Gasteiger partial charge in [0.05, 0.1) is 32.2 Å². The van der Waals surface area contributed by atoms with Gasteiger partial charge < -0.3 is 19.4 Å². The fourth-order valence-electron chi connectivity index (χ4n) is 2.91. The van der Waals surface area contributed by atoms with Crippen LogP contribution < -0.4 is 19.9 Å². The highest BCUT2D eigenvalue weighted by molar-refractivity contribution is 5.77. The van der Waals surface area contributed by atoms with Crippen LogP contribution in [0.5, 0.6) is 11.5 Å². The Kier molecular flexibility index (Phi) is 5.00. The number of hydrogen-bond donors (Lipinski definition) is 2. The Balaban J connectivity index is 1.76. The molecule has 6 heteroatoms. The van der Waals surface area contributed by atoms with Gasteiger partial charge >= 0.3 is 0 Å². The van der Waals surface area contributed by atoms with Crippen LogP contribution in [0.4, 0.5) is 0 Å². The van der Waals surface area contributed by atoms with Crippen molar-refractivity contribution in [2.24, 2.45) is 0 Å². The van der Waals surface area contributed by atoms with Crippen molar-refractivity contribution in [3.63, 3.8) is 0 Å². The van der Waals surface area contributed by atoms with Crippen LogP contribution in [0.25, 0.3) is 10.9 Å². The number of rotatable bonds is 6. The first-order chi connectivity index (χ1) is 12.1. The Morgan fingerprint density at radius 1 is 1.04 bits per heavy atom. The second kappa shape index (κ2) is 7.36. The van der Waals surface area contributed by atoms with Crippen molar-refractivity contribution >= 4 is 10.9 Å². The second-order valence-corrected chi connectivity index (χ2v) is 6.03. The molecule has 1 heterocycles. The van der Waals surface area contributed by atoms with Crippen molar-refractivity contribution in [3.8, 4) is 11.5 Å². The number of aromatic amines is 1. The summed E-state index contributed by atoms with van der Waals surface area (Å²) in [4.78, 5) is 20.8. The molecule has 1 aromatic heterocycles. The normalized spacial score (nSPS) is 12.1. The molecule has 0 aliphatic heterocycles. The SMILES string of the molecule is COc1ccc(C[NH+](C)Cc2nc3ccccc3c(=O)[nH]2)cc1OC. The molecule has 0 radical (unpaired) electrons. The van der Waals surface area contributed by atoms with Gasteiger partial charge in [-0.05, 0) is 30.3 Å². The quantitative estimate of drug-likeness (QED) is 0.706. The number of H-pyrrole nitrogens is 1. The van der Waals surface area contributed by atoms with E-state index < -0.39 is 0 Å². The molecule has 0 bridgehead atoms. The van der Waals surface area contributed by atoms with E-state index in [9.17, 15) is 4.79 Å². The molecule has 1 atom stereocenters. The van der Waals surface area contributed by atoms with Gasteiger partial charge in [0, 0.05) is 5.56 Å². The first-order valence-electron chi connectivity index (χ1n) is 8.11. The summed E-state index contributed by atoms with van der Waals surface area (Å²) in [6.45, 7) is 1.39. The van der Waals surface area contributed by atoms with Crippen molar-refractivity contribution in [1.82, 2.24) is 9.97 Å². The van der Waals surface area contributed by atoms with Crippen LogP contribution in [0, 0.1) is 0 Å². The van der Waals surface area contributed by atoms with E-state index >= 15 is 0 Å². The Labute approximate surface area is 146 Å². The minimum atomic E-state index is -0.0977. The number of hydrogen-bond acceptors (Lipinski definition) is 4. The number of benzene rings is 2. The second-order valence-electron chi connectivity index (χ2n) is 6.03. The molecule has 0 aliphatic rings. The highest BCUT2D eigenvalue weighted by atomic mass is 16.5. The van der Waals surface area contributed by atoms with Gasteiger partial charge in [-0.3, -0.25) is 4.79 Å². The Bertz CT molecular complexity index is 937. The lowest BCUT2D eigenvalue weighted by Gasteiger charge is -2.15. The summed E-state index contributed by atoms with van der Waals surface area (Å²) in [6, 6.07) is 13.3. The molecule has 25 heavy (non-hydrogen) atoms.